The Morgan fingerprint density at radius 2 is 2.10 bits per heavy atom. The summed E-state index contributed by atoms with van der Waals surface area (Å²) in [7, 11) is -2.12. The quantitative estimate of drug-likeness (QED) is 0.701. The van der Waals surface area contributed by atoms with Gasteiger partial charge in [0.1, 0.15) is 4.90 Å². The van der Waals surface area contributed by atoms with Gasteiger partial charge in [-0.2, -0.15) is 4.31 Å². The summed E-state index contributed by atoms with van der Waals surface area (Å²) in [4.78, 5) is -0.0332. The van der Waals surface area contributed by atoms with Crippen molar-refractivity contribution in [3.05, 3.63) is 40.4 Å². The predicted octanol–water partition coefficient (Wildman–Crippen LogP) is 1.88. The highest BCUT2D eigenvalue weighted by Gasteiger charge is 2.27. The van der Waals surface area contributed by atoms with Crippen LogP contribution in [0.15, 0.2) is 29.7 Å². The number of benzene rings is 1. The van der Waals surface area contributed by atoms with Crippen LogP contribution in [0.2, 0.25) is 10.0 Å². The Hall–Kier alpha value is -0.630. The molecule has 0 radical (unpaired) electrons. The second-order valence-electron chi connectivity index (χ2n) is 4.24. The largest absolute Gasteiger partial charge is 0.395 e. The molecule has 0 heterocycles. The molecule has 0 aliphatic heterocycles. The van der Waals surface area contributed by atoms with Crippen LogP contribution in [0.4, 0.5) is 0 Å². The zero-order valence-corrected chi connectivity index (χ0v) is 14.0. The minimum Gasteiger partial charge on any atom is -0.395 e. The van der Waals surface area contributed by atoms with Crippen molar-refractivity contribution in [1.29, 1.82) is 0 Å². The lowest BCUT2D eigenvalue weighted by molar-refractivity contribution is 0.260. The van der Waals surface area contributed by atoms with Crippen LogP contribution in [0.1, 0.15) is 5.56 Å². The molecule has 21 heavy (non-hydrogen) atoms. The molecule has 0 aliphatic carbocycles. The van der Waals surface area contributed by atoms with Crippen LogP contribution < -0.4 is 5.32 Å². The summed E-state index contributed by atoms with van der Waals surface area (Å²) in [5, 5.41) is 12.4. The van der Waals surface area contributed by atoms with E-state index in [2.05, 4.69) is 11.9 Å². The molecule has 0 saturated heterocycles. The van der Waals surface area contributed by atoms with E-state index in [0.29, 0.717) is 17.1 Å². The molecule has 0 bridgehead atoms. The van der Waals surface area contributed by atoms with Gasteiger partial charge in [0.05, 0.1) is 11.6 Å². The third-order valence-corrected chi connectivity index (χ3v) is 5.61. The lowest BCUT2D eigenvalue weighted by atomic mass is 10.2. The fourth-order valence-corrected chi connectivity index (χ4v) is 4.11. The maximum absolute atomic E-state index is 12.6. The summed E-state index contributed by atoms with van der Waals surface area (Å²) in [6, 6.07) is 2.87. The molecule has 0 aliphatic rings. The van der Waals surface area contributed by atoms with Gasteiger partial charge in [-0.15, -0.1) is 6.58 Å². The number of nitrogens with zero attached hydrogens (tertiary/aromatic N) is 1. The topological polar surface area (TPSA) is 69.6 Å². The van der Waals surface area contributed by atoms with E-state index in [1.807, 2.05) is 0 Å². The molecule has 2 N–H and O–H groups in total. The predicted molar refractivity (Wildman–Crippen MR) is 85.3 cm³/mol. The molecule has 8 heteroatoms. The molecule has 1 aromatic rings. The lowest BCUT2D eigenvalue weighted by Gasteiger charge is -2.21. The van der Waals surface area contributed by atoms with E-state index in [4.69, 9.17) is 28.3 Å². The highest BCUT2D eigenvalue weighted by molar-refractivity contribution is 7.89. The van der Waals surface area contributed by atoms with Gasteiger partial charge in [-0.1, -0.05) is 29.3 Å². The van der Waals surface area contributed by atoms with Crippen molar-refractivity contribution >= 4 is 33.2 Å². The molecule has 0 saturated carbocycles. The Morgan fingerprint density at radius 3 is 2.62 bits per heavy atom. The number of nitrogens with one attached hydrogen (secondary N) is 1. The average Bonchev–Trinajstić information content (AvgIpc) is 2.43. The average molecular weight is 353 g/mol. The summed E-state index contributed by atoms with van der Waals surface area (Å²) in [6.07, 6.45) is 1.45. The van der Waals surface area contributed by atoms with Gasteiger partial charge in [0.2, 0.25) is 10.0 Å². The van der Waals surface area contributed by atoms with Gasteiger partial charge in [-0.05, 0) is 19.2 Å². The third kappa shape index (κ3) is 4.18. The van der Waals surface area contributed by atoms with Crippen LogP contribution in [-0.2, 0) is 16.6 Å². The molecule has 118 valence electrons. The molecule has 0 fully saturated rings. The monoisotopic (exact) mass is 352 g/mol. The van der Waals surface area contributed by atoms with Crippen LogP contribution in [0.25, 0.3) is 0 Å². The number of hydrogen-bond donors (Lipinski definition) is 2. The van der Waals surface area contributed by atoms with E-state index in [9.17, 15) is 8.42 Å². The molecule has 5 nitrogen and oxygen atoms in total. The Kier molecular flexibility index (Phi) is 7.12. The van der Waals surface area contributed by atoms with Crippen LogP contribution in [-0.4, -0.2) is 44.6 Å². The van der Waals surface area contributed by atoms with Gasteiger partial charge in [0.25, 0.3) is 0 Å². The molecule has 0 spiro atoms. The molecular weight excluding hydrogens is 335 g/mol. The van der Waals surface area contributed by atoms with Crippen molar-refractivity contribution in [3.63, 3.8) is 0 Å². The summed E-state index contributed by atoms with van der Waals surface area (Å²) < 4.78 is 26.3. The molecule has 0 aromatic heterocycles. The molecule has 1 rings (SSSR count). The van der Waals surface area contributed by atoms with Gasteiger partial charge in [-0.3, -0.25) is 0 Å². The molecule has 0 atom stereocenters. The number of hydrogen-bond acceptors (Lipinski definition) is 4. The summed E-state index contributed by atoms with van der Waals surface area (Å²) >= 11 is 12.2. The van der Waals surface area contributed by atoms with Crippen molar-refractivity contribution in [2.45, 2.75) is 11.4 Å². The highest BCUT2D eigenvalue weighted by atomic mass is 35.5. The van der Waals surface area contributed by atoms with Gasteiger partial charge in [0.15, 0.2) is 0 Å². The molecule has 0 amide bonds. The maximum atomic E-state index is 12.6. The Labute approximate surface area is 135 Å². The first kappa shape index (κ1) is 18.4. The third-order valence-electron chi connectivity index (χ3n) is 2.80. The van der Waals surface area contributed by atoms with Gasteiger partial charge >= 0.3 is 0 Å². The van der Waals surface area contributed by atoms with Crippen molar-refractivity contribution in [2.24, 2.45) is 0 Å². The number of aliphatic hydroxyl groups excluding tert-OH is 1. The normalized spacial score (nSPS) is 11.9. The SMILES string of the molecule is C=CCN(CCO)S(=O)(=O)c1ccc(Cl)c(CNC)c1Cl. The fourth-order valence-electron chi connectivity index (χ4n) is 1.82. The first-order valence-electron chi connectivity index (χ1n) is 6.23. The standard InChI is InChI=1S/C13H18Cl2N2O3S/c1-3-6-17(7-8-18)21(19,20)12-5-4-11(14)10(9-16-2)13(12)15/h3-5,16,18H,1,6-9H2,2H3. The minimum absolute atomic E-state index is 0.0331. The summed E-state index contributed by atoms with van der Waals surface area (Å²) in [6.45, 7) is 3.63. The van der Waals surface area contributed by atoms with Crippen LogP contribution in [0, 0.1) is 0 Å². The number of halogens is 2. The van der Waals surface area contributed by atoms with Crippen molar-refractivity contribution in [2.75, 3.05) is 26.7 Å². The molecular formula is C13H18Cl2N2O3S. The van der Waals surface area contributed by atoms with Crippen molar-refractivity contribution in [3.8, 4) is 0 Å². The van der Waals surface area contributed by atoms with E-state index in [0.717, 1.165) is 4.31 Å². The molecule has 0 unspecified atom stereocenters. The van der Waals surface area contributed by atoms with E-state index in [1.165, 1.54) is 18.2 Å². The highest BCUT2D eigenvalue weighted by Crippen LogP contribution is 2.32. The fraction of sp³-hybridized carbons (Fsp3) is 0.385. The number of aliphatic hydroxyl groups is 1. The van der Waals surface area contributed by atoms with Crippen LogP contribution in [0.3, 0.4) is 0 Å². The first-order valence-corrected chi connectivity index (χ1v) is 8.43. The maximum Gasteiger partial charge on any atom is 0.244 e. The van der Waals surface area contributed by atoms with E-state index in [-0.39, 0.29) is 29.6 Å². The zero-order valence-electron chi connectivity index (χ0n) is 11.6. The second kappa shape index (κ2) is 8.12. The van der Waals surface area contributed by atoms with Gasteiger partial charge in [0, 0.05) is 30.2 Å². The second-order valence-corrected chi connectivity index (χ2v) is 6.94. The van der Waals surface area contributed by atoms with Gasteiger partial charge in [-0.25, -0.2) is 8.42 Å². The van der Waals surface area contributed by atoms with Crippen LogP contribution in [0.5, 0.6) is 0 Å². The van der Waals surface area contributed by atoms with Crippen LogP contribution >= 0.6 is 23.2 Å². The van der Waals surface area contributed by atoms with E-state index in [1.54, 1.807) is 7.05 Å². The zero-order chi connectivity index (χ0) is 16.0. The van der Waals surface area contributed by atoms with Crippen molar-refractivity contribution < 1.29 is 13.5 Å². The lowest BCUT2D eigenvalue weighted by Crippen LogP contribution is -2.34. The Balaban J connectivity index is 3.36. The van der Waals surface area contributed by atoms with Gasteiger partial charge < -0.3 is 10.4 Å². The molecule has 1 aromatic carbocycles. The number of rotatable bonds is 8. The Morgan fingerprint density at radius 1 is 1.43 bits per heavy atom. The van der Waals surface area contributed by atoms with E-state index >= 15 is 0 Å². The first-order chi connectivity index (χ1) is 9.89. The summed E-state index contributed by atoms with van der Waals surface area (Å²) in [5.41, 5.74) is 0.518. The smallest absolute Gasteiger partial charge is 0.244 e. The minimum atomic E-state index is -3.83. The number of sulfonamides is 1. The van der Waals surface area contributed by atoms with E-state index < -0.39 is 10.0 Å². The Bertz CT molecular complexity index is 606. The summed E-state index contributed by atoms with van der Waals surface area (Å²) in [5.74, 6) is 0. The van der Waals surface area contributed by atoms with Crippen molar-refractivity contribution in [1.82, 2.24) is 9.62 Å².